The Morgan fingerprint density at radius 2 is 1.92 bits per heavy atom. The fraction of sp³-hybridized carbons (Fsp3) is 0.562. The van der Waals surface area contributed by atoms with Gasteiger partial charge in [-0.2, -0.15) is 13.2 Å². The summed E-state index contributed by atoms with van der Waals surface area (Å²) in [6.45, 7) is 1.11. The zero-order valence-corrected chi connectivity index (χ0v) is 16.3. The molecular formula is C16H23F4IN4. The van der Waals surface area contributed by atoms with E-state index in [0.717, 1.165) is 12.0 Å². The normalized spacial score (nSPS) is 18.8. The molecule has 0 aromatic heterocycles. The van der Waals surface area contributed by atoms with Gasteiger partial charge in [-0.1, -0.05) is 12.1 Å². The Kier molecular flexibility index (Phi) is 8.91. The van der Waals surface area contributed by atoms with Crippen LogP contribution in [0.4, 0.5) is 17.6 Å². The molecule has 142 valence electrons. The van der Waals surface area contributed by atoms with Crippen LogP contribution in [0.5, 0.6) is 0 Å². The summed E-state index contributed by atoms with van der Waals surface area (Å²) in [4.78, 5) is 5.52. The highest BCUT2D eigenvalue weighted by Crippen LogP contribution is 2.22. The minimum atomic E-state index is -4.14. The molecule has 2 rings (SSSR count). The van der Waals surface area contributed by atoms with Crippen LogP contribution >= 0.6 is 24.0 Å². The van der Waals surface area contributed by atoms with Crippen molar-refractivity contribution in [1.82, 2.24) is 15.5 Å². The molecule has 0 bridgehead atoms. The summed E-state index contributed by atoms with van der Waals surface area (Å²) in [6, 6.07) is 6.14. The minimum Gasteiger partial charge on any atom is -0.356 e. The highest BCUT2D eigenvalue weighted by Gasteiger charge is 2.34. The number of guanidine groups is 1. The zero-order valence-electron chi connectivity index (χ0n) is 13.9. The molecule has 25 heavy (non-hydrogen) atoms. The van der Waals surface area contributed by atoms with Crippen LogP contribution in [0.15, 0.2) is 29.3 Å². The summed E-state index contributed by atoms with van der Waals surface area (Å²) in [5.74, 6) is 0.455. The zero-order chi connectivity index (χ0) is 17.6. The first-order chi connectivity index (χ1) is 11.4. The van der Waals surface area contributed by atoms with E-state index < -0.39 is 12.7 Å². The lowest BCUT2D eigenvalue weighted by Gasteiger charge is -2.18. The highest BCUT2D eigenvalue weighted by atomic mass is 127. The molecule has 0 radical (unpaired) electrons. The van der Waals surface area contributed by atoms with Crippen molar-refractivity contribution in [3.63, 3.8) is 0 Å². The topological polar surface area (TPSA) is 39.7 Å². The number of halogens is 5. The molecule has 1 aliphatic rings. The molecule has 0 aliphatic carbocycles. The number of hydrogen-bond donors (Lipinski definition) is 2. The van der Waals surface area contributed by atoms with E-state index in [1.807, 2.05) is 0 Å². The first-order valence-corrected chi connectivity index (χ1v) is 7.84. The second kappa shape index (κ2) is 10.1. The van der Waals surface area contributed by atoms with Gasteiger partial charge in [0.25, 0.3) is 0 Å². The number of likely N-dealkylation sites (tertiary alicyclic amines) is 1. The molecule has 1 aliphatic heterocycles. The van der Waals surface area contributed by atoms with Gasteiger partial charge in [-0.15, -0.1) is 24.0 Å². The first-order valence-electron chi connectivity index (χ1n) is 7.84. The summed E-state index contributed by atoms with van der Waals surface area (Å²) < 4.78 is 50.0. The van der Waals surface area contributed by atoms with E-state index in [1.54, 1.807) is 19.2 Å². The maximum atomic E-state index is 12.8. The first kappa shape index (κ1) is 21.9. The molecule has 0 saturated carbocycles. The van der Waals surface area contributed by atoms with Gasteiger partial charge < -0.3 is 10.6 Å². The smallest absolute Gasteiger partial charge is 0.356 e. The highest BCUT2D eigenvalue weighted by molar-refractivity contribution is 14.0. The van der Waals surface area contributed by atoms with Crippen LogP contribution in [0.2, 0.25) is 0 Å². The van der Waals surface area contributed by atoms with Crippen molar-refractivity contribution < 1.29 is 17.6 Å². The molecule has 4 nitrogen and oxygen atoms in total. The van der Waals surface area contributed by atoms with Crippen LogP contribution in [0.1, 0.15) is 12.0 Å². The molecule has 1 saturated heterocycles. The van der Waals surface area contributed by atoms with Gasteiger partial charge in [0.2, 0.25) is 0 Å². The van der Waals surface area contributed by atoms with Crippen LogP contribution in [0.3, 0.4) is 0 Å². The van der Waals surface area contributed by atoms with Gasteiger partial charge >= 0.3 is 6.18 Å². The van der Waals surface area contributed by atoms with Gasteiger partial charge in [-0.05, 0) is 36.6 Å². The second-order valence-electron chi connectivity index (χ2n) is 5.94. The lowest BCUT2D eigenvalue weighted by molar-refractivity contribution is -0.143. The predicted octanol–water partition coefficient (Wildman–Crippen LogP) is 2.99. The molecule has 1 unspecified atom stereocenters. The Balaban J connectivity index is 0.00000312. The van der Waals surface area contributed by atoms with Gasteiger partial charge in [0.15, 0.2) is 5.96 Å². The Bertz CT molecular complexity index is 548. The predicted molar refractivity (Wildman–Crippen MR) is 101 cm³/mol. The molecule has 1 atom stereocenters. The van der Waals surface area contributed by atoms with E-state index in [9.17, 15) is 17.6 Å². The van der Waals surface area contributed by atoms with E-state index in [2.05, 4.69) is 15.6 Å². The molecular weight excluding hydrogens is 451 g/mol. The number of nitrogens with zero attached hydrogens (tertiary/aromatic N) is 2. The maximum Gasteiger partial charge on any atom is 0.401 e. The summed E-state index contributed by atoms with van der Waals surface area (Å²) >= 11 is 0. The molecule has 1 aromatic carbocycles. The van der Waals surface area contributed by atoms with Crippen molar-refractivity contribution in [3.8, 4) is 0 Å². The van der Waals surface area contributed by atoms with Gasteiger partial charge in [0, 0.05) is 26.7 Å². The fourth-order valence-electron chi connectivity index (χ4n) is 2.73. The van der Waals surface area contributed by atoms with Crippen molar-refractivity contribution in [2.45, 2.75) is 19.1 Å². The lowest BCUT2D eigenvalue weighted by atomic mass is 10.1. The quantitative estimate of drug-likeness (QED) is 0.299. The van der Waals surface area contributed by atoms with E-state index in [1.165, 1.54) is 17.0 Å². The maximum absolute atomic E-state index is 12.8. The number of nitrogens with one attached hydrogen (secondary N) is 2. The summed E-state index contributed by atoms with van der Waals surface area (Å²) in [7, 11) is 1.63. The van der Waals surface area contributed by atoms with E-state index >= 15 is 0 Å². The van der Waals surface area contributed by atoms with Crippen LogP contribution in [-0.4, -0.2) is 50.3 Å². The van der Waals surface area contributed by atoms with Crippen molar-refractivity contribution in [2.75, 3.05) is 33.2 Å². The number of rotatable bonds is 5. The number of hydrogen-bond acceptors (Lipinski definition) is 2. The standard InChI is InChI=1S/C16H22F4N4.HI/c1-21-15(22-8-12-2-4-14(17)5-3-12)23-9-13-6-7-24(10-13)11-16(18,19)20;/h2-5,13H,6-11H2,1H3,(H2,21,22,23);1H. The monoisotopic (exact) mass is 474 g/mol. The van der Waals surface area contributed by atoms with Crippen molar-refractivity contribution in [1.29, 1.82) is 0 Å². The summed E-state index contributed by atoms with van der Waals surface area (Å²) in [6.07, 6.45) is -3.41. The minimum absolute atomic E-state index is 0. The van der Waals surface area contributed by atoms with Crippen LogP contribution in [0.25, 0.3) is 0 Å². The second-order valence-corrected chi connectivity index (χ2v) is 5.94. The molecule has 9 heteroatoms. The molecule has 0 amide bonds. The van der Waals surface area contributed by atoms with E-state index in [0.29, 0.717) is 32.1 Å². The molecule has 0 spiro atoms. The number of alkyl halides is 3. The largest absolute Gasteiger partial charge is 0.401 e. The Labute approximate surface area is 162 Å². The Hall–Kier alpha value is -1.10. The van der Waals surface area contributed by atoms with Gasteiger partial charge in [-0.25, -0.2) is 4.39 Å². The third-order valence-corrected chi connectivity index (χ3v) is 3.93. The van der Waals surface area contributed by atoms with E-state index in [-0.39, 0.29) is 35.7 Å². The van der Waals surface area contributed by atoms with Crippen LogP contribution in [0, 0.1) is 11.7 Å². The van der Waals surface area contributed by atoms with Crippen LogP contribution < -0.4 is 10.6 Å². The third-order valence-electron chi connectivity index (χ3n) is 3.93. The average molecular weight is 474 g/mol. The number of aliphatic imine (C=N–C) groups is 1. The molecule has 1 heterocycles. The number of benzene rings is 1. The van der Waals surface area contributed by atoms with Crippen molar-refractivity contribution >= 4 is 29.9 Å². The van der Waals surface area contributed by atoms with Crippen molar-refractivity contribution in [2.24, 2.45) is 10.9 Å². The van der Waals surface area contributed by atoms with Gasteiger partial charge in [0.05, 0.1) is 6.54 Å². The van der Waals surface area contributed by atoms with Crippen molar-refractivity contribution in [3.05, 3.63) is 35.6 Å². The average Bonchev–Trinajstić information content (AvgIpc) is 2.94. The summed E-state index contributed by atoms with van der Waals surface area (Å²) in [5, 5.41) is 6.23. The lowest BCUT2D eigenvalue weighted by Crippen LogP contribution is -2.40. The molecule has 1 fully saturated rings. The summed E-state index contributed by atoms with van der Waals surface area (Å²) in [5.41, 5.74) is 0.913. The molecule has 2 N–H and O–H groups in total. The Morgan fingerprint density at radius 1 is 1.24 bits per heavy atom. The van der Waals surface area contributed by atoms with Gasteiger partial charge in [0.1, 0.15) is 5.82 Å². The SMILES string of the molecule is CN=C(NCc1ccc(F)cc1)NCC1CCN(CC(F)(F)F)C1.I. The van der Waals surface area contributed by atoms with Gasteiger partial charge in [-0.3, -0.25) is 9.89 Å². The third kappa shape index (κ3) is 8.21. The van der Waals surface area contributed by atoms with Crippen LogP contribution in [-0.2, 0) is 6.54 Å². The Morgan fingerprint density at radius 3 is 2.52 bits per heavy atom. The van der Waals surface area contributed by atoms with E-state index in [4.69, 9.17) is 0 Å². The fourth-order valence-corrected chi connectivity index (χ4v) is 2.73. The molecule has 1 aromatic rings.